The highest BCUT2D eigenvalue weighted by Gasteiger charge is 2.19. The molecule has 0 aromatic carbocycles. The summed E-state index contributed by atoms with van der Waals surface area (Å²) in [4.78, 5) is 18.6. The van der Waals surface area contributed by atoms with Crippen LogP contribution in [0.25, 0.3) is 11.3 Å². The number of fused-ring (bicyclic) bond motifs is 3. The Hall–Kier alpha value is -2.06. The summed E-state index contributed by atoms with van der Waals surface area (Å²) >= 11 is 1.56. The number of rotatable bonds is 0. The molecule has 0 saturated carbocycles. The van der Waals surface area contributed by atoms with Crippen LogP contribution in [0.4, 0.5) is 0 Å². The van der Waals surface area contributed by atoms with E-state index in [1.807, 2.05) is 18.2 Å². The highest BCUT2D eigenvalue weighted by atomic mass is 32.2. The van der Waals surface area contributed by atoms with Gasteiger partial charge in [-0.15, -0.1) is 11.8 Å². The zero-order valence-electron chi connectivity index (χ0n) is 8.73. The molecule has 1 aliphatic rings. The van der Waals surface area contributed by atoms with Gasteiger partial charge in [-0.25, -0.2) is 0 Å². The van der Waals surface area contributed by atoms with Crippen molar-refractivity contribution >= 4 is 11.8 Å². The Morgan fingerprint density at radius 3 is 3.24 bits per heavy atom. The van der Waals surface area contributed by atoms with Crippen LogP contribution in [0.15, 0.2) is 34.2 Å². The lowest BCUT2D eigenvalue weighted by atomic mass is 10.1. The molecule has 2 aromatic heterocycles. The van der Waals surface area contributed by atoms with E-state index in [1.165, 1.54) is 0 Å². The Morgan fingerprint density at radius 1 is 1.53 bits per heavy atom. The quantitative estimate of drug-likeness (QED) is 0.765. The van der Waals surface area contributed by atoms with E-state index in [9.17, 15) is 4.79 Å². The molecule has 3 rings (SSSR count). The van der Waals surface area contributed by atoms with Crippen LogP contribution in [0.1, 0.15) is 11.1 Å². The molecule has 4 nitrogen and oxygen atoms in total. The monoisotopic (exact) mass is 241 g/mol. The second-order valence-corrected chi connectivity index (χ2v) is 4.65. The molecule has 0 spiro atoms. The molecule has 0 aliphatic carbocycles. The summed E-state index contributed by atoms with van der Waals surface area (Å²) in [5, 5.41) is 9.66. The summed E-state index contributed by atoms with van der Waals surface area (Å²) in [5.74, 6) is 0.790. The number of aromatic amines is 1. The van der Waals surface area contributed by atoms with Crippen molar-refractivity contribution in [3.8, 4) is 17.3 Å². The van der Waals surface area contributed by atoms with Gasteiger partial charge in [-0.3, -0.25) is 9.78 Å². The van der Waals surface area contributed by atoms with Crippen LogP contribution in [-0.4, -0.2) is 9.97 Å². The molecular weight excluding hydrogens is 234 g/mol. The molecule has 0 radical (unpaired) electrons. The first-order chi connectivity index (χ1) is 8.29. The molecule has 0 unspecified atom stereocenters. The smallest absolute Gasteiger partial charge is 0.266 e. The fourth-order valence-electron chi connectivity index (χ4n) is 1.83. The number of hydrogen-bond acceptors (Lipinski definition) is 4. The van der Waals surface area contributed by atoms with Crippen molar-refractivity contribution in [3.63, 3.8) is 0 Å². The van der Waals surface area contributed by atoms with Gasteiger partial charge in [-0.05, 0) is 17.7 Å². The SMILES string of the molecule is N#Cc1cc2c([nH]c1=O)SCc1cccnc1-2. The Labute approximate surface area is 101 Å². The highest BCUT2D eigenvalue weighted by Crippen LogP contribution is 2.38. The molecule has 3 heterocycles. The third-order valence-corrected chi connectivity index (χ3v) is 3.71. The third kappa shape index (κ3) is 1.54. The standard InChI is InChI=1S/C12H7N3OS/c13-5-8-4-9-10-7(2-1-3-14-10)6-17-12(9)15-11(8)16/h1-4H,6H2,(H,15,16). The van der Waals surface area contributed by atoms with Crippen LogP contribution < -0.4 is 5.56 Å². The molecule has 2 aromatic rings. The Balaban J connectivity index is 2.32. The average molecular weight is 241 g/mol. The number of pyridine rings is 2. The number of nitrogens with one attached hydrogen (secondary N) is 1. The van der Waals surface area contributed by atoms with Gasteiger partial charge < -0.3 is 4.98 Å². The van der Waals surface area contributed by atoms with E-state index >= 15 is 0 Å². The zero-order valence-corrected chi connectivity index (χ0v) is 9.54. The summed E-state index contributed by atoms with van der Waals surface area (Å²) in [6, 6.07) is 7.41. The zero-order chi connectivity index (χ0) is 11.8. The van der Waals surface area contributed by atoms with Crippen molar-refractivity contribution in [2.24, 2.45) is 0 Å². The summed E-state index contributed by atoms with van der Waals surface area (Å²) in [6.45, 7) is 0. The topological polar surface area (TPSA) is 69.5 Å². The van der Waals surface area contributed by atoms with Gasteiger partial charge in [0.25, 0.3) is 5.56 Å². The minimum atomic E-state index is -0.335. The van der Waals surface area contributed by atoms with Gasteiger partial charge in [-0.2, -0.15) is 5.26 Å². The largest absolute Gasteiger partial charge is 0.315 e. The normalized spacial score (nSPS) is 12.4. The number of hydrogen-bond donors (Lipinski definition) is 1. The predicted octanol–water partition coefficient (Wildman–Crippen LogP) is 1.91. The minimum Gasteiger partial charge on any atom is -0.315 e. The lowest BCUT2D eigenvalue weighted by Crippen LogP contribution is -2.13. The van der Waals surface area contributed by atoms with Gasteiger partial charge in [0.1, 0.15) is 11.6 Å². The van der Waals surface area contributed by atoms with Gasteiger partial charge >= 0.3 is 0 Å². The number of nitriles is 1. The number of H-pyrrole nitrogens is 1. The van der Waals surface area contributed by atoms with Crippen molar-refractivity contribution in [2.75, 3.05) is 0 Å². The predicted molar refractivity (Wildman–Crippen MR) is 64.6 cm³/mol. The molecule has 0 amide bonds. The summed E-state index contributed by atoms with van der Waals surface area (Å²) < 4.78 is 0. The highest BCUT2D eigenvalue weighted by molar-refractivity contribution is 7.98. The molecule has 17 heavy (non-hydrogen) atoms. The molecule has 5 heteroatoms. The Bertz CT molecular complexity index is 700. The third-order valence-electron chi connectivity index (χ3n) is 2.64. The Kier molecular flexibility index (Phi) is 2.23. The van der Waals surface area contributed by atoms with Crippen molar-refractivity contribution in [1.82, 2.24) is 9.97 Å². The first kappa shape index (κ1) is 10.1. The van der Waals surface area contributed by atoms with E-state index in [4.69, 9.17) is 5.26 Å². The summed E-state index contributed by atoms with van der Waals surface area (Å²) in [5.41, 5.74) is 2.61. The number of nitrogens with zero attached hydrogens (tertiary/aromatic N) is 2. The molecule has 1 N–H and O–H groups in total. The maximum absolute atomic E-state index is 11.5. The fraction of sp³-hybridized carbons (Fsp3) is 0.0833. The van der Waals surface area contributed by atoms with Gasteiger partial charge in [0.15, 0.2) is 0 Å². The lowest BCUT2D eigenvalue weighted by Gasteiger charge is -2.17. The van der Waals surface area contributed by atoms with Crippen molar-refractivity contribution in [3.05, 3.63) is 45.9 Å². The molecule has 0 fully saturated rings. The molecule has 1 aliphatic heterocycles. The van der Waals surface area contributed by atoms with Gasteiger partial charge in [0.05, 0.1) is 10.7 Å². The minimum absolute atomic E-state index is 0.128. The number of aromatic nitrogens is 2. The summed E-state index contributed by atoms with van der Waals surface area (Å²) in [6.07, 6.45) is 1.72. The molecular formula is C12H7N3OS. The first-order valence-electron chi connectivity index (χ1n) is 5.04. The van der Waals surface area contributed by atoms with Crippen LogP contribution in [0.3, 0.4) is 0 Å². The summed E-state index contributed by atoms with van der Waals surface area (Å²) in [7, 11) is 0. The van der Waals surface area contributed by atoms with Crippen molar-refractivity contribution in [2.45, 2.75) is 10.8 Å². The Morgan fingerprint density at radius 2 is 2.41 bits per heavy atom. The maximum Gasteiger partial charge on any atom is 0.266 e. The van der Waals surface area contributed by atoms with Gasteiger partial charge in [0, 0.05) is 17.5 Å². The second kappa shape index (κ2) is 3.75. The molecule has 82 valence electrons. The maximum atomic E-state index is 11.5. The molecule has 0 bridgehead atoms. The van der Waals surface area contributed by atoms with E-state index in [0.717, 1.165) is 27.6 Å². The fourth-order valence-corrected chi connectivity index (χ4v) is 2.84. The first-order valence-corrected chi connectivity index (χ1v) is 6.02. The van der Waals surface area contributed by atoms with Crippen LogP contribution in [0.5, 0.6) is 0 Å². The van der Waals surface area contributed by atoms with Gasteiger partial charge in [-0.1, -0.05) is 6.07 Å². The molecule has 0 saturated heterocycles. The van der Waals surface area contributed by atoms with Gasteiger partial charge in [0.2, 0.25) is 0 Å². The van der Waals surface area contributed by atoms with Crippen LogP contribution in [0, 0.1) is 11.3 Å². The average Bonchev–Trinajstić information content (AvgIpc) is 2.37. The number of thioether (sulfide) groups is 1. The van der Waals surface area contributed by atoms with E-state index in [2.05, 4.69) is 9.97 Å². The van der Waals surface area contributed by atoms with Crippen molar-refractivity contribution < 1.29 is 0 Å². The van der Waals surface area contributed by atoms with Crippen LogP contribution in [0.2, 0.25) is 0 Å². The van der Waals surface area contributed by atoms with E-state index < -0.39 is 0 Å². The van der Waals surface area contributed by atoms with E-state index in [-0.39, 0.29) is 11.1 Å². The van der Waals surface area contributed by atoms with E-state index in [1.54, 1.807) is 24.0 Å². The van der Waals surface area contributed by atoms with Crippen LogP contribution in [-0.2, 0) is 5.75 Å². The second-order valence-electron chi connectivity index (χ2n) is 3.67. The van der Waals surface area contributed by atoms with Crippen LogP contribution >= 0.6 is 11.8 Å². The lowest BCUT2D eigenvalue weighted by molar-refractivity contribution is 1.05. The molecule has 0 atom stereocenters. The van der Waals surface area contributed by atoms with E-state index in [0.29, 0.717) is 0 Å². The van der Waals surface area contributed by atoms with Crippen molar-refractivity contribution in [1.29, 1.82) is 5.26 Å².